The van der Waals surface area contributed by atoms with E-state index in [-0.39, 0.29) is 5.91 Å². The van der Waals surface area contributed by atoms with E-state index in [0.717, 1.165) is 16.7 Å². The zero-order valence-electron chi connectivity index (χ0n) is 11.6. The van der Waals surface area contributed by atoms with Gasteiger partial charge >= 0.3 is 0 Å². The Balaban J connectivity index is 1.84. The van der Waals surface area contributed by atoms with Gasteiger partial charge in [0.2, 0.25) is 5.91 Å². The van der Waals surface area contributed by atoms with Crippen molar-refractivity contribution in [1.29, 1.82) is 0 Å². The van der Waals surface area contributed by atoms with Crippen LogP contribution in [0.25, 0.3) is 0 Å². The lowest BCUT2D eigenvalue weighted by Crippen LogP contribution is -2.25. The first-order valence-corrected chi connectivity index (χ1v) is 9.10. The van der Waals surface area contributed by atoms with Crippen LogP contribution in [0.2, 0.25) is 0 Å². The predicted molar refractivity (Wildman–Crippen MR) is 88.8 cm³/mol. The number of aromatic nitrogens is 3. The van der Waals surface area contributed by atoms with Crippen LogP contribution in [0.3, 0.4) is 0 Å². The molecular formula is C13H16N4OS3. The molecule has 0 aromatic carbocycles. The Hall–Kier alpha value is -1.25. The van der Waals surface area contributed by atoms with Crippen molar-refractivity contribution in [3.63, 3.8) is 0 Å². The number of nitrogens with zero attached hydrogens (tertiary/aromatic N) is 3. The molecule has 1 amide bonds. The van der Waals surface area contributed by atoms with Gasteiger partial charge in [0.15, 0.2) is 5.16 Å². The molecule has 0 aliphatic heterocycles. The molecule has 2 heterocycles. The Morgan fingerprint density at radius 1 is 1.52 bits per heavy atom. The van der Waals surface area contributed by atoms with Gasteiger partial charge in [-0.25, -0.2) is 0 Å². The summed E-state index contributed by atoms with van der Waals surface area (Å²) < 4.78 is 3.20. The molecule has 0 bridgehead atoms. The monoisotopic (exact) mass is 340 g/mol. The Kier molecular flexibility index (Phi) is 6.34. The fraction of sp³-hybridized carbons (Fsp3) is 0.308. The van der Waals surface area contributed by atoms with E-state index in [4.69, 9.17) is 0 Å². The first kappa shape index (κ1) is 16.1. The number of amides is 1. The molecule has 2 rings (SSSR count). The summed E-state index contributed by atoms with van der Waals surface area (Å²) in [5.41, 5.74) is 0. The van der Waals surface area contributed by atoms with Gasteiger partial charge in [0.25, 0.3) is 0 Å². The summed E-state index contributed by atoms with van der Waals surface area (Å²) in [7, 11) is 1.92. The van der Waals surface area contributed by atoms with E-state index in [9.17, 15) is 4.79 Å². The maximum absolute atomic E-state index is 11.5. The summed E-state index contributed by atoms with van der Waals surface area (Å²) in [6.45, 7) is 4.05. The molecule has 0 fully saturated rings. The molecule has 5 nitrogen and oxygen atoms in total. The van der Waals surface area contributed by atoms with Crippen LogP contribution in [0.4, 0.5) is 0 Å². The molecule has 0 saturated heterocycles. The van der Waals surface area contributed by atoms with Gasteiger partial charge in [-0.3, -0.25) is 4.79 Å². The second-order valence-electron chi connectivity index (χ2n) is 4.06. The fourth-order valence-corrected chi connectivity index (χ4v) is 3.97. The second kappa shape index (κ2) is 8.26. The Labute approximate surface area is 136 Å². The van der Waals surface area contributed by atoms with Crippen LogP contribution in [0.1, 0.15) is 5.82 Å². The Bertz CT molecular complexity index is 595. The van der Waals surface area contributed by atoms with Crippen LogP contribution >= 0.6 is 34.9 Å². The normalized spacial score (nSPS) is 10.5. The number of hydrogen-bond acceptors (Lipinski definition) is 6. The first-order chi connectivity index (χ1) is 10.2. The summed E-state index contributed by atoms with van der Waals surface area (Å²) in [4.78, 5) is 11.5. The highest BCUT2D eigenvalue weighted by Gasteiger charge is 2.11. The van der Waals surface area contributed by atoms with Crippen LogP contribution in [0.5, 0.6) is 0 Å². The van der Waals surface area contributed by atoms with E-state index in [0.29, 0.717) is 12.3 Å². The molecule has 0 atom stereocenters. The lowest BCUT2D eigenvalue weighted by Gasteiger charge is -2.03. The van der Waals surface area contributed by atoms with Crippen LogP contribution in [-0.2, 0) is 17.6 Å². The highest BCUT2D eigenvalue weighted by Crippen LogP contribution is 2.27. The minimum absolute atomic E-state index is 0.0302. The van der Waals surface area contributed by atoms with E-state index in [1.165, 1.54) is 16.0 Å². The van der Waals surface area contributed by atoms with Gasteiger partial charge in [0.05, 0.1) is 15.7 Å². The van der Waals surface area contributed by atoms with Gasteiger partial charge in [-0.1, -0.05) is 23.9 Å². The van der Waals surface area contributed by atoms with Crippen molar-refractivity contribution in [3.8, 4) is 0 Å². The van der Waals surface area contributed by atoms with Crippen molar-refractivity contribution in [2.45, 2.75) is 15.1 Å². The van der Waals surface area contributed by atoms with Gasteiger partial charge in [-0.2, -0.15) is 0 Å². The molecule has 0 radical (unpaired) electrons. The van der Waals surface area contributed by atoms with Gasteiger partial charge in [0.1, 0.15) is 5.82 Å². The fourth-order valence-electron chi connectivity index (χ4n) is 1.44. The average Bonchev–Trinajstić information content (AvgIpc) is 3.11. The standard InChI is InChI=1S/C13H16N4OS3/c1-3-6-14-11(18)9-21-13-16-15-10(17(13)2)8-20-12-5-4-7-19-12/h3-5,7H,1,6,8-9H2,2H3,(H,14,18). The van der Waals surface area contributed by atoms with E-state index >= 15 is 0 Å². The third-order valence-corrected chi connectivity index (χ3v) is 5.69. The molecule has 2 aromatic rings. The summed E-state index contributed by atoms with van der Waals surface area (Å²) in [5, 5.41) is 13.9. The Morgan fingerprint density at radius 2 is 2.38 bits per heavy atom. The molecule has 0 aliphatic carbocycles. The predicted octanol–water partition coefficient (Wildman–Crippen LogP) is 2.56. The highest BCUT2D eigenvalue weighted by molar-refractivity contribution is 8.00. The summed E-state index contributed by atoms with van der Waals surface area (Å²) in [6, 6.07) is 4.12. The maximum Gasteiger partial charge on any atom is 0.230 e. The van der Waals surface area contributed by atoms with E-state index < -0.39 is 0 Å². The molecule has 2 aromatic heterocycles. The number of carbonyl (C=O) groups is 1. The van der Waals surface area contributed by atoms with Crippen molar-refractivity contribution in [2.75, 3.05) is 12.3 Å². The van der Waals surface area contributed by atoms with E-state index in [2.05, 4.69) is 33.5 Å². The van der Waals surface area contributed by atoms with Crippen LogP contribution in [-0.4, -0.2) is 33.0 Å². The lowest BCUT2D eigenvalue weighted by atomic mass is 10.6. The number of thioether (sulfide) groups is 2. The van der Waals surface area contributed by atoms with Gasteiger partial charge in [-0.15, -0.1) is 39.9 Å². The zero-order chi connectivity index (χ0) is 15.1. The van der Waals surface area contributed by atoms with Gasteiger partial charge in [-0.05, 0) is 11.4 Å². The number of hydrogen-bond donors (Lipinski definition) is 1. The molecule has 1 N–H and O–H groups in total. The zero-order valence-corrected chi connectivity index (χ0v) is 14.1. The molecule has 0 saturated carbocycles. The summed E-state index contributed by atoms with van der Waals surface area (Å²) in [5.74, 6) is 1.98. The highest BCUT2D eigenvalue weighted by atomic mass is 32.2. The van der Waals surface area contributed by atoms with E-state index in [1.54, 1.807) is 29.2 Å². The molecule has 112 valence electrons. The Morgan fingerprint density at radius 3 is 3.10 bits per heavy atom. The second-order valence-corrected chi connectivity index (χ2v) is 7.23. The van der Waals surface area contributed by atoms with Crippen molar-refractivity contribution in [2.24, 2.45) is 7.05 Å². The smallest absolute Gasteiger partial charge is 0.230 e. The van der Waals surface area contributed by atoms with E-state index in [1.807, 2.05) is 17.7 Å². The molecule has 0 unspecified atom stereocenters. The van der Waals surface area contributed by atoms with Crippen LogP contribution in [0, 0.1) is 0 Å². The SMILES string of the molecule is C=CCNC(=O)CSc1nnc(CSc2cccs2)n1C. The molecular weight excluding hydrogens is 324 g/mol. The summed E-state index contributed by atoms with van der Waals surface area (Å²) >= 11 is 4.84. The van der Waals surface area contributed by atoms with Crippen LogP contribution in [0.15, 0.2) is 39.5 Å². The topological polar surface area (TPSA) is 59.8 Å². The lowest BCUT2D eigenvalue weighted by molar-refractivity contribution is -0.118. The maximum atomic E-state index is 11.5. The van der Waals surface area contributed by atoms with Crippen molar-refractivity contribution in [1.82, 2.24) is 20.1 Å². The molecule has 0 spiro atoms. The number of thiophene rings is 1. The van der Waals surface area contributed by atoms with Crippen molar-refractivity contribution in [3.05, 3.63) is 36.0 Å². The van der Waals surface area contributed by atoms with Gasteiger partial charge < -0.3 is 9.88 Å². The van der Waals surface area contributed by atoms with Gasteiger partial charge in [0, 0.05) is 13.6 Å². The largest absolute Gasteiger partial charge is 0.352 e. The minimum Gasteiger partial charge on any atom is -0.352 e. The number of carbonyl (C=O) groups excluding carboxylic acids is 1. The van der Waals surface area contributed by atoms with Crippen molar-refractivity contribution < 1.29 is 4.79 Å². The van der Waals surface area contributed by atoms with Crippen LogP contribution < -0.4 is 5.32 Å². The third-order valence-electron chi connectivity index (χ3n) is 2.54. The summed E-state index contributed by atoms with van der Waals surface area (Å²) in [6.07, 6.45) is 1.66. The third kappa shape index (κ3) is 4.90. The average molecular weight is 340 g/mol. The number of rotatable bonds is 8. The molecule has 21 heavy (non-hydrogen) atoms. The quantitative estimate of drug-likeness (QED) is 0.591. The molecule has 0 aliphatic rings. The minimum atomic E-state index is -0.0302. The first-order valence-electron chi connectivity index (χ1n) is 6.25. The number of nitrogens with one attached hydrogen (secondary N) is 1. The van der Waals surface area contributed by atoms with Crippen molar-refractivity contribution >= 4 is 40.8 Å². The molecule has 8 heteroatoms.